The number of likely N-dealkylation sites (tertiary alicyclic amines) is 1. The van der Waals surface area contributed by atoms with Crippen molar-refractivity contribution in [2.75, 3.05) is 20.2 Å². The molecule has 1 aromatic carbocycles. The second-order valence-corrected chi connectivity index (χ2v) is 6.30. The topological polar surface area (TPSA) is 12.5 Å². The summed E-state index contributed by atoms with van der Waals surface area (Å²) in [7, 11) is 1.80. The zero-order valence-electron chi connectivity index (χ0n) is 12.7. The van der Waals surface area contributed by atoms with Crippen LogP contribution in [0, 0.1) is 0 Å². The SMILES string of the molecule is COc1cccc2c1CC(N1CCCCCCC1)CC2. The molecule has 0 aromatic heterocycles. The first kappa shape index (κ1) is 13.9. The summed E-state index contributed by atoms with van der Waals surface area (Å²) < 4.78 is 5.57. The zero-order valence-corrected chi connectivity index (χ0v) is 12.7. The average molecular weight is 273 g/mol. The smallest absolute Gasteiger partial charge is 0.122 e. The van der Waals surface area contributed by atoms with Crippen LogP contribution in [0.1, 0.15) is 49.7 Å². The highest BCUT2D eigenvalue weighted by molar-refractivity contribution is 5.42. The standard InChI is InChI=1S/C18H27NO/c1-20-18-9-7-8-15-10-11-16(14-17(15)18)19-12-5-3-2-4-6-13-19/h7-9,16H,2-6,10-14H2,1H3. The molecule has 110 valence electrons. The Bertz CT molecular complexity index is 421. The Morgan fingerprint density at radius 3 is 2.55 bits per heavy atom. The Hall–Kier alpha value is -1.02. The van der Waals surface area contributed by atoms with Crippen LogP contribution in [-0.2, 0) is 12.8 Å². The third kappa shape index (κ3) is 3.01. The van der Waals surface area contributed by atoms with Gasteiger partial charge in [-0.3, -0.25) is 0 Å². The molecule has 0 N–H and O–H groups in total. The van der Waals surface area contributed by atoms with E-state index in [1.165, 1.54) is 75.6 Å². The van der Waals surface area contributed by atoms with E-state index in [1.807, 2.05) is 0 Å². The summed E-state index contributed by atoms with van der Waals surface area (Å²) in [5.41, 5.74) is 2.97. The average Bonchev–Trinajstić information content (AvgIpc) is 2.46. The maximum atomic E-state index is 5.57. The van der Waals surface area contributed by atoms with Gasteiger partial charge in [0.05, 0.1) is 7.11 Å². The lowest BCUT2D eigenvalue weighted by Gasteiger charge is -2.36. The molecule has 0 amide bonds. The Kier molecular flexibility index (Phi) is 4.62. The van der Waals surface area contributed by atoms with Crippen molar-refractivity contribution in [3.8, 4) is 5.75 Å². The van der Waals surface area contributed by atoms with E-state index in [4.69, 9.17) is 4.74 Å². The van der Waals surface area contributed by atoms with Crippen molar-refractivity contribution in [3.05, 3.63) is 29.3 Å². The normalized spacial score (nSPS) is 24.6. The van der Waals surface area contributed by atoms with E-state index in [9.17, 15) is 0 Å². The van der Waals surface area contributed by atoms with Crippen LogP contribution in [-0.4, -0.2) is 31.1 Å². The molecule has 2 aliphatic rings. The van der Waals surface area contributed by atoms with Crippen LogP contribution in [0.5, 0.6) is 5.75 Å². The van der Waals surface area contributed by atoms with Crippen LogP contribution in [0.3, 0.4) is 0 Å². The predicted octanol–water partition coefficient (Wildman–Crippen LogP) is 3.82. The summed E-state index contributed by atoms with van der Waals surface area (Å²) in [6.45, 7) is 2.60. The van der Waals surface area contributed by atoms with Gasteiger partial charge in [-0.05, 0) is 62.4 Å². The number of ether oxygens (including phenoxy) is 1. The quantitative estimate of drug-likeness (QED) is 0.812. The van der Waals surface area contributed by atoms with Gasteiger partial charge in [0.25, 0.3) is 0 Å². The molecule has 3 rings (SSSR count). The molecule has 0 radical (unpaired) electrons. The number of benzene rings is 1. The fourth-order valence-corrected chi connectivity index (χ4v) is 3.88. The second-order valence-electron chi connectivity index (χ2n) is 6.30. The second kappa shape index (κ2) is 6.62. The molecular weight excluding hydrogens is 246 g/mol. The lowest BCUT2D eigenvalue weighted by molar-refractivity contribution is 0.163. The summed E-state index contributed by atoms with van der Waals surface area (Å²) in [5.74, 6) is 1.10. The first-order valence-corrected chi connectivity index (χ1v) is 8.27. The molecular formula is C18H27NO. The summed E-state index contributed by atoms with van der Waals surface area (Å²) in [4.78, 5) is 2.76. The maximum Gasteiger partial charge on any atom is 0.122 e. The van der Waals surface area contributed by atoms with Gasteiger partial charge in [-0.1, -0.05) is 31.4 Å². The zero-order chi connectivity index (χ0) is 13.8. The lowest BCUT2D eigenvalue weighted by Crippen LogP contribution is -2.41. The van der Waals surface area contributed by atoms with Crippen LogP contribution in [0.2, 0.25) is 0 Å². The highest BCUT2D eigenvalue weighted by Crippen LogP contribution is 2.32. The first-order chi connectivity index (χ1) is 9.88. The minimum atomic E-state index is 0.733. The van der Waals surface area contributed by atoms with Crippen molar-refractivity contribution in [2.24, 2.45) is 0 Å². The van der Waals surface area contributed by atoms with Crippen LogP contribution in [0.4, 0.5) is 0 Å². The highest BCUT2D eigenvalue weighted by atomic mass is 16.5. The predicted molar refractivity (Wildman–Crippen MR) is 83.5 cm³/mol. The number of nitrogens with zero attached hydrogens (tertiary/aromatic N) is 1. The number of rotatable bonds is 2. The number of methoxy groups -OCH3 is 1. The Morgan fingerprint density at radius 1 is 1.05 bits per heavy atom. The summed E-state index contributed by atoms with van der Waals surface area (Å²) >= 11 is 0. The molecule has 2 nitrogen and oxygen atoms in total. The van der Waals surface area contributed by atoms with Gasteiger partial charge < -0.3 is 9.64 Å². The van der Waals surface area contributed by atoms with E-state index in [0.29, 0.717) is 0 Å². The molecule has 1 unspecified atom stereocenters. The van der Waals surface area contributed by atoms with E-state index < -0.39 is 0 Å². The fraction of sp³-hybridized carbons (Fsp3) is 0.667. The molecule has 20 heavy (non-hydrogen) atoms. The molecule has 2 heteroatoms. The molecule has 1 aromatic rings. The Labute approximate surface area is 123 Å². The molecule has 1 saturated heterocycles. The van der Waals surface area contributed by atoms with Gasteiger partial charge in [0.15, 0.2) is 0 Å². The van der Waals surface area contributed by atoms with Crippen molar-refractivity contribution >= 4 is 0 Å². The molecule has 1 aliphatic carbocycles. The minimum absolute atomic E-state index is 0.733. The van der Waals surface area contributed by atoms with Crippen molar-refractivity contribution in [3.63, 3.8) is 0 Å². The largest absolute Gasteiger partial charge is 0.496 e. The van der Waals surface area contributed by atoms with Crippen LogP contribution in [0.15, 0.2) is 18.2 Å². The third-order valence-corrected chi connectivity index (χ3v) is 5.04. The van der Waals surface area contributed by atoms with Gasteiger partial charge in [0, 0.05) is 6.04 Å². The minimum Gasteiger partial charge on any atom is -0.496 e. The van der Waals surface area contributed by atoms with Crippen LogP contribution in [0.25, 0.3) is 0 Å². The summed E-state index contributed by atoms with van der Waals surface area (Å²) in [6, 6.07) is 7.27. The molecule has 1 heterocycles. The molecule has 1 fully saturated rings. The van der Waals surface area contributed by atoms with Gasteiger partial charge in [0.2, 0.25) is 0 Å². The van der Waals surface area contributed by atoms with E-state index in [0.717, 1.165) is 11.8 Å². The fourth-order valence-electron chi connectivity index (χ4n) is 3.88. The number of hydrogen-bond donors (Lipinski definition) is 0. The highest BCUT2D eigenvalue weighted by Gasteiger charge is 2.26. The lowest BCUT2D eigenvalue weighted by atomic mass is 9.86. The third-order valence-electron chi connectivity index (χ3n) is 5.04. The van der Waals surface area contributed by atoms with E-state index in [-0.39, 0.29) is 0 Å². The van der Waals surface area contributed by atoms with Crippen molar-refractivity contribution in [2.45, 2.75) is 57.4 Å². The Morgan fingerprint density at radius 2 is 1.80 bits per heavy atom. The Balaban J connectivity index is 1.73. The van der Waals surface area contributed by atoms with Crippen LogP contribution >= 0.6 is 0 Å². The molecule has 0 spiro atoms. The van der Waals surface area contributed by atoms with E-state index >= 15 is 0 Å². The van der Waals surface area contributed by atoms with E-state index in [1.54, 1.807) is 7.11 Å². The molecule has 0 saturated carbocycles. The molecule has 1 aliphatic heterocycles. The first-order valence-electron chi connectivity index (χ1n) is 8.27. The molecule has 0 bridgehead atoms. The molecule has 1 atom stereocenters. The van der Waals surface area contributed by atoms with Gasteiger partial charge in [-0.15, -0.1) is 0 Å². The van der Waals surface area contributed by atoms with Gasteiger partial charge in [-0.2, -0.15) is 0 Å². The summed E-state index contributed by atoms with van der Waals surface area (Å²) in [5, 5.41) is 0. The van der Waals surface area contributed by atoms with Gasteiger partial charge in [0.1, 0.15) is 5.75 Å². The number of hydrogen-bond acceptors (Lipinski definition) is 2. The summed E-state index contributed by atoms with van der Waals surface area (Å²) in [6.07, 6.45) is 10.8. The number of fused-ring (bicyclic) bond motifs is 1. The van der Waals surface area contributed by atoms with Crippen LogP contribution < -0.4 is 4.74 Å². The van der Waals surface area contributed by atoms with Gasteiger partial charge >= 0.3 is 0 Å². The van der Waals surface area contributed by atoms with Crippen molar-refractivity contribution < 1.29 is 4.74 Å². The van der Waals surface area contributed by atoms with E-state index in [2.05, 4.69) is 23.1 Å². The van der Waals surface area contributed by atoms with Gasteiger partial charge in [-0.25, -0.2) is 0 Å². The monoisotopic (exact) mass is 273 g/mol. The van der Waals surface area contributed by atoms with Crippen molar-refractivity contribution in [1.82, 2.24) is 4.90 Å². The number of aryl methyl sites for hydroxylation is 1. The van der Waals surface area contributed by atoms with Crippen molar-refractivity contribution in [1.29, 1.82) is 0 Å². The maximum absolute atomic E-state index is 5.57.